The number of aliphatic carboxylic acids is 1. The van der Waals surface area contributed by atoms with E-state index in [0.29, 0.717) is 30.7 Å². The number of hydrogen-bond donors (Lipinski definition) is 8. The Morgan fingerprint density at radius 2 is 1.69 bits per heavy atom. The van der Waals surface area contributed by atoms with E-state index in [2.05, 4.69) is 26.3 Å². The zero-order valence-electron chi connectivity index (χ0n) is 22.0. The predicted molar refractivity (Wildman–Crippen MR) is 149 cm³/mol. The minimum atomic E-state index is -1.25. The van der Waals surface area contributed by atoms with Gasteiger partial charge in [-0.15, -0.1) is 0 Å². The zero-order valence-corrected chi connectivity index (χ0v) is 22.8. The second kappa shape index (κ2) is 16.4. The second-order valence-corrected chi connectivity index (χ2v) is 10.3. The van der Waals surface area contributed by atoms with Crippen molar-refractivity contribution in [3.05, 3.63) is 29.8 Å². The molecule has 1 aromatic carbocycles. The van der Waals surface area contributed by atoms with E-state index in [4.69, 9.17) is 11.5 Å². The van der Waals surface area contributed by atoms with E-state index in [1.54, 1.807) is 12.1 Å². The first kappa shape index (κ1) is 31.7. The molecule has 1 heterocycles. The van der Waals surface area contributed by atoms with Gasteiger partial charge in [-0.3, -0.25) is 19.4 Å². The molecule has 2 rings (SSSR count). The highest BCUT2D eigenvalue weighted by atomic mass is 32.2. The third-order valence-electron chi connectivity index (χ3n) is 6.19. The lowest BCUT2D eigenvalue weighted by molar-refractivity contribution is -0.142. The lowest BCUT2D eigenvalue weighted by Gasteiger charge is -2.25. The first-order valence-corrected chi connectivity index (χ1v) is 14.2. The molecular formula is C25H39N7O6S. The van der Waals surface area contributed by atoms with Crippen molar-refractivity contribution in [3.63, 3.8) is 0 Å². The highest BCUT2D eigenvalue weighted by molar-refractivity contribution is 7.98. The van der Waals surface area contributed by atoms with E-state index < -0.39 is 42.0 Å². The molecule has 0 spiro atoms. The van der Waals surface area contributed by atoms with E-state index in [1.165, 1.54) is 23.9 Å². The molecule has 1 saturated heterocycles. The fourth-order valence-electron chi connectivity index (χ4n) is 4.07. The molecule has 1 aliphatic rings. The first-order chi connectivity index (χ1) is 18.6. The van der Waals surface area contributed by atoms with E-state index in [-0.39, 0.29) is 43.4 Å². The molecule has 4 unspecified atom stereocenters. The van der Waals surface area contributed by atoms with Gasteiger partial charge >= 0.3 is 5.97 Å². The number of nitrogens with two attached hydrogens (primary N) is 2. The van der Waals surface area contributed by atoms with Gasteiger partial charge in [0, 0.05) is 13.0 Å². The van der Waals surface area contributed by atoms with Gasteiger partial charge in [0.1, 0.15) is 23.9 Å². The number of carbonyl (C=O) groups is 4. The zero-order chi connectivity index (χ0) is 28.8. The Hall–Kier alpha value is -3.52. The largest absolute Gasteiger partial charge is 0.508 e. The minimum Gasteiger partial charge on any atom is -0.508 e. The summed E-state index contributed by atoms with van der Waals surface area (Å²) in [6, 6.07) is 2.39. The monoisotopic (exact) mass is 565 g/mol. The molecule has 14 heteroatoms. The number of hydrogen-bond acceptors (Lipinski definition) is 8. The maximum atomic E-state index is 13.3. The molecule has 3 amide bonds. The SMILES string of the molecule is CSCCC(NC(=O)C(CCCN=C(N)N)NC(=O)C1CCCN1)C(=O)NC(Cc1ccc(O)cc1)C(=O)O. The number of phenols is 1. The summed E-state index contributed by atoms with van der Waals surface area (Å²) < 4.78 is 0. The van der Waals surface area contributed by atoms with Crippen LogP contribution in [0.4, 0.5) is 0 Å². The highest BCUT2D eigenvalue weighted by Crippen LogP contribution is 2.12. The van der Waals surface area contributed by atoms with Crippen LogP contribution < -0.4 is 32.7 Å². The normalized spacial score (nSPS) is 16.9. The highest BCUT2D eigenvalue weighted by Gasteiger charge is 2.31. The summed E-state index contributed by atoms with van der Waals surface area (Å²) in [6.07, 6.45) is 4.24. The molecule has 0 aromatic heterocycles. The molecule has 0 bridgehead atoms. The van der Waals surface area contributed by atoms with E-state index in [0.717, 1.165) is 6.42 Å². The van der Waals surface area contributed by atoms with Crippen molar-refractivity contribution in [3.8, 4) is 5.75 Å². The van der Waals surface area contributed by atoms with Crippen LogP contribution in [-0.2, 0) is 25.6 Å². The van der Waals surface area contributed by atoms with Gasteiger partial charge in [-0.1, -0.05) is 12.1 Å². The van der Waals surface area contributed by atoms with Crippen LogP contribution in [0.1, 0.15) is 37.7 Å². The minimum absolute atomic E-state index is 0.0115. The molecule has 13 nitrogen and oxygen atoms in total. The third-order valence-corrected chi connectivity index (χ3v) is 6.83. The number of rotatable bonds is 16. The number of phenolic OH excluding ortho intramolecular Hbond substituents is 1. The summed E-state index contributed by atoms with van der Waals surface area (Å²) in [5.74, 6) is -2.26. The number of carbonyl (C=O) groups excluding carboxylic acids is 3. The molecule has 39 heavy (non-hydrogen) atoms. The fourth-order valence-corrected chi connectivity index (χ4v) is 4.54. The van der Waals surface area contributed by atoms with Crippen molar-refractivity contribution < 1.29 is 29.4 Å². The summed E-state index contributed by atoms with van der Waals surface area (Å²) in [6.45, 7) is 0.975. The summed E-state index contributed by atoms with van der Waals surface area (Å²) in [4.78, 5) is 54.9. The number of benzene rings is 1. The van der Waals surface area contributed by atoms with Crippen LogP contribution in [0.15, 0.2) is 29.3 Å². The first-order valence-electron chi connectivity index (χ1n) is 12.8. The maximum absolute atomic E-state index is 13.3. The molecule has 216 valence electrons. The van der Waals surface area contributed by atoms with Crippen molar-refractivity contribution in [2.75, 3.05) is 25.1 Å². The molecule has 10 N–H and O–H groups in total. The number of amides is 3. The summed E-state index contributed by atoms with van der Waals surface area (Å²) >= 11 is 1.47. The van der Waals surface area contributed by atoms with Gasteiger partial charge in [-0.25, -0.2) is 4.79 Å². The number of carboxylic acids is 1. The second-order valence-electron chi connectivity index (χ2n) is 9.27. The van der Waals surface area contributed by atoms with Crippen molar-refractivity contribution in [1.29, 1.82) is 0 Å². The van der Waals surface area contributed by atoms with Crippen molar-refractivity contribution >= 4 is 41.4 Å². The van der Waals surface area contributed by atoms with Crippen LogP contribution in [0.3, 0.4) is 0 Å². The average molecular weight is 566 g/mol. The summed E-state index contributed by atoms with van der Waals surface area (Å²) in [7, 11) is 0. The van der Waals surface area contributed by atoms with E-state index >= 15 is 0 Å². The summed E-state index contributed by atoms with van der Waals surface area (Å²) in [5.41, 5.74) is 11.3. The Morgan fingerprint density at radius 1 is 1.05 bits per heavy atom. The standard InChI is InChI=1S/C25H39N7O6S/c1-39-13-10-19(23(36)32-20(24(37)38)14-15-6-8-16(33)9-7-15)31-22(35)18(5-3-12-29-25(26)27)30-21(34)17-4-2-11-28-17/h6-9,17-20,28,33H,2-5,10-14H2,1H3,(H,30,34)(H,31,35)(H,32,36)(H,37,38)(H4,26,27,29). The Bertz CT molecular complexity index is 997. The molecular weight excluding hydrogens is 526 g/mol. The van der Waals surface area contributed by atoms with Crippen LogP contribution in [0, 0.1) is 0 Å². The number of thioether (sulfide) groups is 1. The van der Waals surface area contributed by atoms with Crippen LogP contribution in [0.5, 0.6) is 5.75 Å². The quantitative estimate of drug-likeness (QED) is 0.0696. The smallest absolute Gasteiger partial charge is 0.326 e. The van der Waals surface area contributed by atoms with Crippen molar-refractivity contribution in [1.82, 2.24) is 21.3 Å². The third kappa shape index (κ3) is 11.4. The van der Waals surface area contributed by atoms with Gasteiger partial charge in [0.05, 0.1) is 6.04 Å². The molecule has 4 atom stereocenters. The maximum Gasteiger partial charge on any atom is 0.326 e. The molecule has 1 fully saturated rings. The van der Waals surface area contributed by atoms with Crippen molar-refractivity contribution in [2.24, 2.45) is 16.5 Å². The fraction of sp³-hybridized carbons (Fsp3) is 0.560. The number of aromatic hydroxyl groups is 1. The molecule has 1 aromatic rings. The van der Waals surface area contributed by atoms with Gasteiger partial charge in [-0.05, 0) is 68.4 Å². The Morgan fingerprint density at radius 3 is 2.26 bits per heavy atom. The summed E-state index contributed by atoms with van der Waals surface area (Å²) in [5, 5.41) is 30.2. The lowest BCUT2D eigenvalue weighted by Crippen LogP contribution is -2.57. The molecule has 0 saturated carbocycles. The van der Waals surface area contributed by atoms with Crippen molar-refractivity contribution in [2.45, 2.75) is 62.7 Å². The number of guanidine groups is 1. The molecule has 0 radical (unpaired) electrons. The van der Waals surface area contributed by atoms with Gasteiger partial charge in [0.15, 0.2) is 5.96 Å². The average Bonchev–Trinajstić information content (AvgIpc) is 3.44. The van der Waals surface area contributed by atoms with E-state index in [1.807, 2.05) is 6.26 Å². The Labute approximate surface area is 231 Å². The Kier molecular flexibility index (Phi) is 13.4. The van der Waals surface area contributed by atoms with Gasteiger partial charge in [0.25, 0.3) is 0 Å². The van der Waals surface area contributed by atoms with Crippen LogP contribution in [-0.4, -0.2) is 89.1 Å². The predicted octanol–water partition coefficient (Wildman–Crippen LogP) is -0.968. The van der Waals surface area contributed by atoms with E-state index in [9.17, 15) is 29.4 Å². The number of aliphatic imine (C=N–C) groups is 1. The van der Waals surface area contributed by atoms with Gasteiger partial charge < -0.3 is 42.9 Å². The topological polar surface area (TPSA) is 221 Å². The molecule has 1 aliphatic heterocycles. The number of carboxylic acid groups (broad SMARTS) is 1. The lowest BCUT2D eigenvalue weighted by atomic mass is 10.0. The van der Waals surface area contributed by atoms with Crippen LogP contribution in [0.2, 0.25) is 0 Å². The van der Waals surface area contributed by atoms with Crippen LogP contribution >= 0.6 is 11.8 Å². The number of nitrogens with zero attached hydrogens (tertiary/aromatic N) is 1. The van der Waals surface area contributed by atoms with Gasteiger partial charge in [0.2, 0.25) is 17.7 Å². The number of nitrogens with one attached hydrogen (secondary N) is 4. The van der Waals surface area contributed by atoms with Gasteiger partial charge in [-0.2, -0.15) is 11.8 Å². The Balaban J connectivity index is 2.11. The van der Waals surface area contributed by atoms with Crippen LogP contribution in [0.25, 0.3) is 0 Å². The molecule has 0 aliphatic carbocycles.